The maximum Gasteiger partial charge on any atom is 0.222 e. The van der Waals surface area contributed by atoms with Gasteiger partial charge in [-0.05, 0) is 23.6 Å². The zero-order valence-electron chi connectivity index (χ0n) is 15.0. The highest BCUT2D eigenvalue weighted by Gasteiger charge is 2.36. The van der Waals surface area contributed by atoms with E-state index in [9.17, 15) is 9.90 Å². The molecule has 0 radical (unpaired) electrons. The maximum absolute atomic E-state index is 11.3. The number of hydrogen-bond acceptors (Lipinski definition) is 4. The minimum atomic E-state index is -1.15. The van der Waals surface area contributed by atoms with Crippen LogP contribution in [0.1, 0.15) is 32.0 Å². The lowest BCUT2D eigenvalue weighted by Gasteiger charge is -2.31. The van der Waals surface area contributed by atoms with Gasteiger partial charge < -0.3 is 15.4 Å². The van der Waals surface area contributed by atoms with Gasteiger partial charge in [0.2, 0.25) is 5.91 Å². The Bertz CT molecular complexity index is 888. The van der Waals surface area contributed by atoms with Crippen molar-refractivity contribution in [3.05, 3.63) is 66.2 Å². The van der Waals surface area contributed by atoms with Gasteiger partial charge in [0.25, 0.3) is 0 Å². The van der Waals surface area contributed by atoms with Crippen LogP contribution in [0.15, 0.2) is 55.0 Å². The van der Waals surface area contributed by atoms with Crippen LogP contribution in [0.5, 0.6) is 0 Å². The van der Waals surface area contributed by atoms with Crippen molar-refractivity contribution in [1.29, 1.82) is 0 Å². The van der Waals surface area contributed by atoms with Crippen molar-refractivity contribution >= 4 is 11.7 Å². The summed E-state index contributed by atoms with van der Waals surface area (Å²) in [4.78, 5) is 22.7. The summed E-state index contributed by atoms with van der Waals surface area (Å²) in [7, 11) is 0. The third-order valence-corrected chi connectivity index (χ3v) is 4.42. The van der Waals surface area contributed by atoms with Crippen LogP contribution in [0.4, 0.5) is 5.82 Å². The first-order chi connectivity index (χ1) is 12.4. The molecule has 0 fully saturated rings. The molecule has 6 heteroatoms. The van der Waals surface area contributed by atoms with Crippen LogP contribution in [-0.2, 0) is 10.4 Å². The molecule has 0 spiro atoms. The summed E-state index contributed by atoms with van der Waals surface area (Å²) >= 11 is 0. The molecule has 3 aromatic rings. The predicted molar refractivity (Wildman–Crippen MR) is 100 cm³/mol. The van der Waals surface area contributed by atoms with Crippen LogP contribution in [0.25, 0.3) is 11.3 Å². The van der Waals surface area contributed by atoms with Crippen molar-refractivity contribution in [3.63, 3.8) is 0 Å². The van der Waals surface area contributed by atoms with E-state index in [1.807, 2.05) is 50.2 Å². The van der Waals surface area contributed by atoms with Crippen LogP contribution >= 0.6 is 0 Å². The first-order valence-electron chi connectivity index (χ1n) is 8.48. The van der Waals surface area contributed by atoms with E-state index in [1.54, 1.807) is 18.6 Å². The number of aromatic nitrogens is 3. The Kier molecular flexibility index (Phi) is 4.86. The molecule has 0 aliphatic carbocycles. The molecule has 134 valence electrons. The molecule has 26 heavy (non-hydrogen) atoms. The van der Waals surface area contributed by atoms with Crippen molar-refractivity contribution in [2.45, 2.75) is 26.4 Å². The Balaban J connectivity index is 1.94. The lowest BCUT2D eigenvalue weighted by atomic mass is 9.80. The average Bonchev–Trinajstić information content (AvgIpc) is 3.16. The molecular weight excluding hydrogens is 328 g/mol. The van der Waals surface area contributed by atoms with Gasteiger partial charge in [-0.25, -0.2) is 9.97 Å². The molecule has 1 amide bonds. The van der Waals surface area contributed by atoms with Gasteiger partial charge in [-0.15, -0.1) is 0 Å². The number of hydrogen-bond donors (Lipinski definition) is 3. The van der Waals surface area contributed by atoms with Gasteiger partial charge in [-0.1, -0.05) is 44.2 Å². The summed E-state index contributed by atoms with van der Waals surface area (Å²) in [6, 6.07) is 13.1. The topological polar surface area (TPSA) is 90.9 Å². The van der Waals surface area contributed by atoms with Crippen molar-refractivity contribution in [3.8, 4) is 11.3 Å². The SMILES string of the molecule is CC(=O)Nc1cccc(-c2ccc([C@](O)(c3cnc[nH]3)C(C)C)cc2)n1. The molecule has 0 aliphatic heterocycles. The number of nitrogens with zero attached hydrogens (tertiary/aromatic N) is 2. The van der Waals surface area contributed by atoms with Gasteiger partial charge in [0.15, 0.2) is 0 Å². The van der Waals surface area contributed by atoms with E-state index < -0.39 is 5.60 Å². The number of benzene rings is 1. The smallest absolute Gasteiger partial charge is 0.222 e. The number of anilines is 1. The lowest BCUT2D eigenvalue weighted by Crippen LogP contribution is -2.33. The highest BCUT2D eigenvalue weighted by atomic mass is 16.3. The van der Waals surface area contributed by atoms with E-state index in [4.69, 9.17) is 0 Å². The number of imidazole rings is 1. The number of amides is 1. The fraction of sp³-hybridized carbons (Fsp3) is 0.250. The molecule has 1 aromatic carbocycles. The minimum Gasteiger partial charge on any atom is -0.379 e. The number of rotatable bonds is 5. The Morgan fingerprint density at radius 3 is 2.50 bits per heavy atom. The van der Waals surface area contributed by atoms with E-state index in [0.717, 1.165) is 16.8 Å². The molecule has 2 aromatic heterocycles. The van der Waals surface area contributed by atoms with E-state index in [1.165, 1.54) is 6.92 Å². The molecular formula is C20H22N4O2. The van der Waals surface area contributed by atoms with Crippen LogP contribution in [-0.4, -0.2) is 26.0 Å². The summed E-state index contributed by atoms with van der Waals surface area (Å²) in [5.74, 6) is 0.303. The molecule has 3 rings (SSSR count). The molecule has 0 unspecified atom stereocenters. The van der Waals surface area contributed by atoms with Crippen molar-refractivity contribution in [2.24, 2.45) is 5.92 Å². The molecule has 6 nitrogen and oxygen atoms in total. The van der Waals surface area contributed by atoms with Crippen LogP contribution < -0.4 is 5.32 Å². The Labute approximate surface area is 152 Å². The molecule has 0 saturated heterocycles. The van der Waals surface area contributed by atoms with Crippen molar-refractivity contribution in [2.75, 3.05) is 5.32 Å². The highest BCUT2D eigenvalue weighted by Crippen LogP contribution is 2.36. The Hall–Kier alpha value is -2.99. The van der Waals surface area contributed by atoms with Gasteiger partial charge in [-0.2, -0.15) is 0 Å². The number of carbonyl (C=O) groups excluding carboxylic acids is 1. The number of carbonyl (C=O) groups is 1. The second-order valence-corrected chi connectivity index (χ2v) is 6.55. The van der Waals surface area contributed by atoms with Gasteiger partial charge in [0.05, 0.1) is 23.9 Å². The van der Waals surface area contributed by atoms with Crippen LogP contribution in [0, 0.1) is 5.92 Å². The minimum absolute atomic E-state index is 0.0463. The maximum atomic E-state index is 11.3. The molecule has 2 heterocycles. The van der Waals surface area contributed by atoms with Gasteiger partial charge in [0.1, 0.15) is 11.4 Å². The quantitative estimate of drug-likeness (QED) is 0.658. The van der Waals surface area contributed by atoms with E-state index >= 15 is 0 Å². The third kappa shape index (κ3) is 3.36. The fourth-order valence-corrected chi connectivity index (χ4v) is 3.00. The van der Waals surface area contributed by atoms with E-state index in [2.05, 4.69) is 20.3 Å². The summed E-state index contributed by atoms with van der Waals surface area (Å²) in [5, 5.41) is 14.0. The summed E-state index contributed by atoms with van der Waals surface area (Å²) in [6.45, 7) is 5.38. The first-order valence-corrected chi connectivity index (χ1v) is 8.48. The molecule has 0 aliphatic rings. The zero-order chi connectivity index (χ0) is 18.7. The number of aliphatic hydroxyl groups is 1. The number of pyridine rings is 1. The van der Waals surface area contributed by atoms with Crippen LogP contribution in [0.3, 0.4) is 0 Å². The van der Waals surface area contributed by atoms with Gasteiger partial charge in [-0.3, -0.25) is 4.79 Å². The summed E-state index contributed by atoms with van der Waals surface area (Å²) in [6.07, 6.45) is 3.21. The first kappa shape index (κ1) is 17.8. The van der Waals surface area contributed by atoms with Crippen LogP contribution in [0.2, 0.25) is 0 Å². The fourth-order valence-electron chi connectivity index (χ4n) is 3.00. The van der Waals surface area contributed by atoms with E-state index in [0.29, 0.717) is 11.5 Å². The van der Waals surface area contributed by atoms with Gasteiger partial charge >= 0.3 is 0 Å². The Morgan fingerprint density at radius 1 is 1.19 bits per heavy atom. The Morgan fingerprint density at radius 2 is 1.92 bits per heavy atom. The largest absolute Gasteiger partial charge is 0.379 e. The summed E-state index contributed by atoms with van der Waals surface area (Å²) in [5.41, 5.74) is 1.93. The highest BCUT2D eigenvalue weighted by molar-refractivity contribution is 5.87. The summed E-state index contributed by atoms with van der Waals surface area (Å²) < 4.78 is 0. The monoisotopic (exact) mass is 350 g/mol. The molecule has 3 N–H and O–H groups in total. The molecule has 1 atom stereocenters. The van der Waals surface area contributed by atoms with Crippen molar-refractivity contribution in [1.82, 2.24) is 15.0 Å². The normalized spacial score (nSPS) is 13.4. The molecule has 0 bridgehead atoms. The van der Waals surface area contributed by atoms with Crippen molar-refractivity contribution < 1.29 is 9.90 Å². The second-order valence-electron chi connectivity index (χ2n) is 6.55. The second kappa shape index (κ2) is 7.09. The molecule has 0 saturated carbocycles. The number of H-pyrrole nitrogens is 1. The third-order valence-electron chi connectivity index (χ3n) is 4.42. The lowest BCUT2D eigenvalue weighted by molar-refractivity contribution is -0.114. The number of nitrogens with one attached hydrogen (secondary N) is 2. The number of aromatic amines is 1. The average molecular weight is 350 g/mol. The standard InChI is InChI=1S/C20H22N4O2/c1-13(2)20(26,18-11-21-12-22-18)16-9-7-15(8-10-16)17-5-4-6-19(24-17)23-14(3)25/h4-13,26H,1-3H3,(H,21,22)(H,23,24,25)/t20-/m0/s1. The van der Waals surface area contributed by atoms with E-state index in [-0.39, 0.29) is 11.8 Å². The van der Waals surface area contributed by atoms with Gasteiger partial charge in [0, 0.05) is 12.5 Å². The predicted octanol–water partition coefficient (Wildman–Crippen LogP) is 3.32. The zero-order valence-corrected chi connectivity index (χ0v) is 15.0.